The molecule has 34 heavy (non-hydrogen) atoms. The summed E-state index contributed by atoms with van der Waals surface area (Å²) in [7, 11) is 0. The number of nitrogen functional groups attached to an aromatic ring is 1. The monoisotopic (exact) mass is 451 g/mol. The highest BCUT2D eigenvalue weighted by Gasteiger charge is 2.16. The number of amides is 2. The Balaban J connectivity index is 1.50. The third kappa shape index (κ3) is 4.97. The molecule has 168 valence electrons. The zero-order chi connectivity index (χ0) is 24.1. The number of benzene rings is 1. The Morgan fingerprint density at radius 1 is 1.03 bits per heavy atom. The normalized spacial score (nSPS) is 10.5. The van der Waals surface area contributed by atoms with Gasteiger partial charge in [0.1, 0.15) is 5.82 Å². The van der Waals surface area contributed by atoms with E-state index in [2.05, 4.69) is 31.7 Å². The summed E-state index contributed by atoms with van der Waals surface area (Å²) >= 11 is 0. The van der Waals surface area contributed by atoms with Crippen LogP contribution in [0.2, 0.25) is 0 Å². The Morgan fingerprint density at radius 3 is 2.59 bits per heavy atom. The van der Waals surface area contributed by atoms with Crippen LogP contribution in [-0.4, -0.2) is 26.8 Å². The molecule has 0 saturated carbocycles. The summed E-state index contributed by atoms with van der Waals surface area (Å²) < 4.78 is 0. The van der Waals surface area contributed by atoms with Crippen LogP contribution in [0.3, 0.4) is 0 Å². The van der Waals surface area contributed by atoms with Gasteiger partial charge in [-0.15, -0.1) is 0 Å². The Hall–Kier alpha value is -4.84. The lowest BCUT2D eigenvalue weighted by molar-refractivity contribution is -0.133. The van der Waals surface area contributed by atoms with Gasteiger partial charge in [0.05, 0.1) is 18.0 Å². The van der Waals surface area contributed by atoms with E-state index in [1.807, 2.05) is 25.1 Å². The summed E-state index contributed by atoms with van der Waals surface area (Å²) in [5.74, 6) is -1.50. The highest BCUT2D eigenvalue weighted by atomic mass is 16.2. The number of nitrogens with zero attached hydrogens (tertiary/aromatic N) is 4. The molecule has 0 aliphatic carbocycles. The van der Waals surface area contributed by atoms with Crippen LogP contribution in [0.25, 0.3) is 21.9 Å². The number of aryl methyl sites for hydroxylation is 2. The molecule has 9 nitrogen and oxygen atoms in total. The van der Waals surface area contributed by atoms with Crippen LogP contribution in [0.15, 0.2) is 61.2 Å². The third-order valence-electron chi connectivity index (χ3n) is 5.24. The van der Waals surface area contributed by atoms with Gasteiger partial charge in [0.2, 0.25) is 0 Å². The fourth-order valence-electron chi connectivity index (χ4n) is 3.47. The molecule has 0 aliphatic rings. The smallest absolute Gasteiger partial charge is 0.315 e. The summed E-state index contributed by atoms with van der Waals surface area (Å²) in [6.07, 6.45) is 7.37. The second kappa shape index (κ2) is 9.75. The first-order valence-electron chi connectivity index (χ1n) is 10.5. The van der Waals surface area contributed by atoms with Crippen LogP contribution >= 0.6 is 0 Å². The standard InChI is InChI=1S/C25H21N7O2/c1-15-6-8-28-13-20(15)16-9-17-11-23(30-14-21(17)22(27)10-16)32-25(34)24(33)31-19-5-4-18(29-12-19)3-2-7-26/h4-6,8-14H,2-3,27H2,1H3,(H,31,33)(H,30,32,34). The number of nitrogens with two attached hydrogens (primary N) is 1. The van der Waals surface area contributed by atoms with Gasteiger partial charge in [0, 0.05) is 53.8 Å². The van der Waals surface area contributed by atoms with Gasteiger partial charge < -0.3 is 16.4 Å². The number of hydrogen-bond donors (Lipinski definition) is 3. The Kier molecular flexibility index (Phi) is 6.41. The molecule has 2 amide bonds. The molecule has 0 bridgehead atoms. The highest BCUT2D eigenvalue weighted by molar-refractivity contribution is 6.43. The topological polar surface area (TPSA) is 147 Å². The van der Waals surface area contributed by atoms with Crippen molar-refractivity contribution in [3.8, 4) is 17.2 Å². The largest absolute Gasteiger partial charge is 0.398 e. The molecule has 4 N–H and O–H groups in total. The maximum atomic E-state index is 12.4. The van der Waals surface area contributed by atoms with Crippen molar-refractivity contribution in [2.75, 3.05) is 16.4 Å². The molecule has 0 unspecified atom stereocenters. The van der Waals surface area contributed by atoms with Crippen LogP contribution in [0.4, 0.5) is 17.2 Å². The molecular weight excluding hydrogens is 430 g/mol. The lowest BCUT2D eigenvalue weighted by Gasteiger charge is -2.11. The van der Waals surface area contributed by atoms with Crippen molar-refractivity contribution in [2.45, 2.75) is 19.8 Å². The van der Waals surface area contributed by atoms with E-state index in [0.717, 1.165) is 33.2 Å². The SMILES string of the molecule is Cc1ccncc1-c1cc(N)c2cnc(NC(=O)C(=O)Nc3ccc(CCC#N)nc3)cc2c1. The second-order valence-corrected chi connectivity index (χ2v) is 7.65. The third-order valence-corrected chi connectivity index (χ3v) is 5.24. The molecule has 1 aromatic carbocycles. The summed E-state index contributed by atoms with van der Waals surface area (Å²) in [6, 6.07) is 12.8. The minimum Gasteiger partial charge on any atom is -0.398 e. The number of carbonyl (C=O) groups excluding carboxylic acids is 2. The van der Waals surface area contributed by atoms with Crippen molar-refractivity contribution in [3.05, 3.63) is 72.4 Å². The number of hydrogen-bond acceptors (Lipinski definition) is 7. The molecule has 0 spiro atoms. The van der Waals surface area contributed by atoms with Crippen LogP contribution in [0, 0.1) is 18.3 Å². The van der Waals surface area contributed by atoms with E-state index in [9.17, 15) is 9.59 Å². The van der Waals surface area contributed by atoms with Crippen molar-refractivity contribution in [1.29, 1.82) is 5.26 Å². The van der Waals surface area contributed by atoms with E-state index < -0.39 is 11.8 Å². The summed E-state index contributed by atoms with van der Waals surface area (Å²) in [5, 5.41) is 15.1. The van der Waals surface area contributed by atoms with Crippen molar-refractivity contribution >= 4 is 39.8 Å². The lowest BCUT2D eigenvalue weighted by Crippen LogP contribution is -2.29. The molecule has 0 saturated heterocycles. The van der Waals surface area contributed by atoms with Gasteiger partial charge in [-0.05, 0) is 59.8 Å². The van der Waals surface area contributed by atoms with Crippen LogP contribution in [0.1, 0.15) is 17.7 Å². The van der Waals surface area contributed by atoms with E-state index >= 15 is 0 Å². The van der Waals surface area contributed by atoms with Gasteiger partial charge in [-0.25, -0.2) is 4.98 Å². The Labute approximate surface area is 195 Å². The van der Waals surface area contributed by atoms with Gasteiger partial charge in [0.25, 0.3) is 0 Å². The minimum atomic E-state index is -0.868. The number of carbonyl (C=O) groups is 2. The molecule has 3 heterocycles. The molecule has 0 aliphatic heterocycles. The van der Waals surface area contributed by atoms with E-state index in [4.69, 9.17) is 11.0 Å². The number of nitrogens with one attached hydrogen (secondary N) is 2. The fraction of sp³-hybridized carbons (Fsp3) is 0.120. The number of pyridine rings is 3. The summed E-state index contributed by atoms with van der Waals surface area (Å²) in [6.45, 7) is 1.99. The highest BCUT2D eigenvalue weighted by Crippen LogP contribution is 2.31. The van der Waals surface area contributed by atoms with Gasteiger partial charge in [-0.3, -0.25) is 19.6 Å². The lowest BCUT2D eigenvalue weighted by atomic mass is 9.99. The van der Waals surface area contributed by atoms with Gasteiger partial charge in [0.15, 0.2) is 0 Å². The fourth-order valence-corrected chi connectivity index (χ4v) is 3.47. The number of fused-ring (bicyclic) bond motifs is 1. The number of rotatable bonds is 5. The number of aromatic nitrogens is 3. The summed E-state index contributed by atoms with van der Waals surface area (Å²) in [5.41, 5.74) is 10.8. The molecule has 0 radical (unpaired) electrons. The first kappa shape index (κ1) is 22.4. The Bertz CT molecular complexity index is 1430. The molecule has 4 rings (SSSR count). The van der Waals surface area contributed by atoms with Gasteiger partial charge >= 0.3 is 11.8 Å². The minimum absolute atomic E-state index is 0.220. The molecular formula is C25H21N7O2. The maximum Gasteiger partial charge on any atom is 0.315 e. The van der Waals surface area contributed by atoms with E-state index in [1.54, 1.807) is 36.8 Å². The van der Waals surface area contributed by atoms with Gasteiger partial charge in [-0.2, -0.15) is 5.26 Å². The molecule has 3 aromatic heterocycles. The van der Waals surface area contributed by atoms with Crippen LogP contribution < -0.4 is 16.4 Å². The maximum absolute atomic E-state index is 12.4. The summed E-state index contributed by atoms with van der Waals surface area (Å²) in [4.78, 5) is 37.3. The average Bonchev–Trinajstić information content (AvgIpc) is 2.83. The molecule has 9 heteroatoms. The first-order chi connectivity index (χ1) is 16.4. The first-order valence-corrected chi connectivity index (χ1v) is 10.5. The van der Waals surface area contributed by atoms with Crippen molar-refractivity contribution in [3.63, 3.8) is 0 Å². The van der Waals surface area contributed by atoms with Crippen LogP contribution in [0.5, 0.6) is 0 Å². The van der Waals surface area contributed by atoms with E-state index in [0.29, 0.717) is 24.2 Å². The van der Waals surface area contributed by atoms with Crippen LogP contribution in [-0.2, 0) is 16.0 Å². The van der Waals surface area contributed by atoms with Crippen molar-refractivity contribution in [1.82, 2.24) is 15.0 Å². The van der Waals surface area contributed by atoms with Crippen molar-refractivity contribution < 1.29 is 9.59 Å². The number of anilines is 3. The quantitative estimate of drug-likeness (QED) is 0.310. The Morgan fingerprint density at radius 2 is 1.85 bits per heavy atom. The van der Waals surface area contributed by atoms with E-state index in [-0.39, 0.29) is 5.82 Å². The zero-order valence-electron chi connectivity index (χ0n) is 18.4. The number of nitriles is 1. The molecule has 0 fully saturated rings. The second-order valence-electron chi connectivity index (χ2n) is 7.65. The van der Waals surface area contributed by atoms with E-state index in [1.165, 1.54) is 6.20 Å². The predicted octanol–water partition coefficient (Wildman–Crippen LogP) is 3.62. The average molecular weight is 451 g/mol. The zero-order valence-corrected chi connectivity index (χ0v) is 18.4. The van der Waals surface area contributed by atoms with Crippen molar-refractivity contribution in [2.24, 2.45) is 0 Å². The molecule has 4 aromatic rings. The molecule has 0 atom stereocenters. The predicted molar refractivity (Wildman–Crippen MR) is 130 cm³/mol. The van der Waals surface area contributed by atoms with Gasteiger partial charge in [-0.1, -0.05) is 0 Å².